The van der Waals surface area contributed by atoms with Crippen LogP contribution in [0.2, 0.25) is 0 Å². The van der Waals surface area contributed by atoms with Crippen molar-refractivity contribution in [3.05, 3.63) is 56.5 Å². The summed E-state index contributed by atoms with van der Waals surface area (Å²) in [5, 5.41) is 0. The molecule has 1 nitrogen and oxygen atoms in total. The van der Waals surface area contributed by atoms with Crippen LogP contribution in [-0.2, 0) is 0 Å². The predicted molar refractivity (Wildman–Crippen MR) is 68.2 cm³/mol. The van der Waals surface area contributed by atoms with Crippen molar-refractivity contribution in [3.8, 4) is 11.5 Å². The van der Waals surface area contributed by atoms with Crippen LogP contribution in [0, 0.1) is 23.3 Å². The maximum atomic E-state index is 13.5. The summed E-state index contributed by atoms with van der Waals surface area (Å²) in [5.41, 5.74) is 0. The van der Waals surface area contributed by atoms with Crippen LogP contribution in [0.25, 0.3) is 0 Å². The predicted octanol–water partition coefficient (Wildman–Crippen LogP) is 5.56. The molecule has 19 heavy (non-hydrogen) atoms. The fraction of sp³-hybridized carbons (Fsp3) is 0. The van der Waals surface area contributed by atoms with Crippen molar-refractivity contribution in [1.82, 2.24) is 0 Å². The smallest absolute Gasteiger partial charge is 0.199 e. The van der Waals surface area contributed by atoms with E-state index in [-0.39, 0.29) is 8.95 Å². The molecule has 100 valence electrons. The van der Waals surface area contributed by atoms with Gasteiger partial charge in [0, 0.05) is 8.95 Å². The van der Waals surface area contributed by atoms with Gasteiger partial charge in [-0.15, -0.1) is 0 Å². The van der Waals surface area contributed by atoms with Crippen LogP contribution in [0.15, 0.2) is 33.2 Å². The summed E-state index contributed by atoms with van der Waals surface area (Å²) >= 11 is 5.76. The Kier molecular flexibility index (Phi) is 4.15. The molecule has 0 heterocycles. The van der Waals surface area contributed by atoms with E-state index in [0.717, 1.165) is 24.3 Å². The van der Waals surface area contributed by atoms with Gasteiger partial charge in [-0.3, -0.25) is 0 Å². The fourth-order valence-electron chi connectivity index (χ4n) is 1.35. The average molecular weight is 400 g/mol. The standard InChI is InChI=1S/C12H4Br2F4O/c13-5-1-7(15)11(8(16)2-5)19-12-9(17)3-6(14)4-10(12)18/h1-4H. The van der Waals surface area contributed by atoms with Crippen molar-refractivity contribution in [3.63, 3.8) is 0 Å². The van der Waals surface area contributed by atoms with E-state index in [9.17, 15) is 17.6 Å². The van der Waals surface area contributed by atoms with E-state index >= 15 is 0 Å². The zero-order chi connectivity index (χ0) is 14.2. The molecule has 0 N–H and O–H groups in total. The molecule has 2 rings (SSSR count). The normalized spacial score (nSPS) is 10.6. The van der Waals surface area contributed by atoms with Gasteiger partial charge in [0.05, 0.1) is 0 Å². The Balaban J connectivity index is 2.48. The maximum absolute atomic E-state index is 13.5. The Morgan fingerprint density at radius 3 is 1.16 bits per heavy atom. The molecule has 2 aromatic rings. The van der Waals surface area contributed by atoms with Crippen LogP contribution in [0.1, 0.15) is 0 Å². The lowest BCUT2D eigenvalue weighted by atomic mass is 10.3. The Morgan fingerprint density at radius 2 is 0.895 bits per heavy atom. The molecular weight excluding hydrogens is 396 g/mol. The summed E-state index contributed by atoms with van der Waals surface area (Å²) in [4.78, 5) is 0. The minimum absolute atomic E-state index is 0.145. The van der Waals surface area contributed by atoms with Crippen molar-refractivity contribution >= 4 is 31.9 Å². The van der Waals surface area contributed by atoms with E-state index < -0.39 is 34.8 Å². The molecule has 0 aliphatic rings. The third-order valence-corrected chi connectivity index (χ3v) is 3.05. The van der Waals surface area contributed by atoms with Crippen molar-refractivity contribution in [2.75, 3.05) is 0 Å². The van der Waals surface area contributed by atoms with Gasteiger partial charge in [-0.2, -0.15) is 0 Å². The van der Waals surface area contributed by atoms with E-state index in [2.05, 4.69) is 36.6 Å². The van der Waals surface area contributed by atoms with Gasteiger partial charge in [0.1, 0.15) is 0 Å². The summed E-state index contributed by atoms with van der Waals surface area (Å²) in [7, 11) is 0. The fourth-order valence-corrected chi connectivity index (χ4v) is 2.16. The molecule has 0 atom stereocenters. The highest BCUT2D eigenvalue weighted by Crippen LogP contribution is 2.34. The largest absolute Gasteiger partial charge is 0.445 e. The number of halogens is 6. The lowest BCUT2D eigenvalue weighted by Crippen LogP contribution is -1.97. The summed E-state index contributed by atoms with van der Waals surface area (Å²) < 4.78 is 58.9. The first-order chi connectivity index (χ1) is 8.88. The first-order valence-corrected chi connectivity index (χ1v) is 6.44. The van der Waals surface area contributed by atoms with Crippen molar-refractivity contribution in [2.24, 2.45) is 0 Å². The van der Waals surface area contributed by atoms with E-state index in [1.54, 1.807) is 0 Å². The quantitative estimate of drug-likeness (QED) is 0.600. The van der Waals surface area contributed by atoms with E-state index in [1.807, 2.05) is 0 Å². The third-order valence-electron chi connectivity index (χ3n) is 2.13. The van der Waals surface area contributed by atoms with Crippen LogP contribution in [0.4, 0.5) is 17.6 Å². The molecule has 0 aliphatic carbocycles. The first-order valence-electron chi connectivity index (χ1n) is 4.85. The zero-order valence-corrected chi connectivity index (χ0v) is 12.2. The van der Waals surface area contributed by atoms with Crippen LogP contribution in [0.5, 0.6) is 11.5 Å². The molecule has 0 unspecified atom stereocenters. The molecule has 0 aromatic heterocycles. The summed E-state index contributed by atoms with van der Waals surface area (Å²) in [6.45, 7) is 0. The van der Waals surface area contributed by atoms with Crippen LogP contribution < -0.4 is 4.74 Å². The lowest BCUT2D eigenvalue weighted by Gasteiger charge is -2.10. The van der Waals surface area contributed by atoms with Gasteiger partial charge in [0.2, 0.25) is 0 Å². The Hall–Kier alpha value is -1.08. The van der Waals surface area contributed by atoms with Crippen LogP contribution in [0.3, 0.4) is 0 Å². The second kappa shape index (κ2) is 5.50. The number of benzene rings is 2. The van der Waals surface area contributed by atoms with E-state index in [4.69, 9.17) is 0 Å². The van der Waals surface area contributed by atoms with Gasteiger partial charge in [-0.1, -0.05) is 31.9 Å². The highest BCUT2D eigenvalue weighted by Gasteiger charge is 2.18. The molecular formula is C12H4Br2F4O. The molecule has 2 aromatic carbocycles. The highest BCUT2D eigenvalue weighted by molar-refractivity contribution is 9.10. The molecule has 0 spiro atoms. The van der Waals surface area contributed by atoms with E-state index in [0.29, 0.717) is 0 Å². The Morgan fingerprint density at radius 1 is 0.632 bits per heavy atom. The number of rotatable bonds is 2. The van der Waals surface area contributed by atoms with Gasteiger partial charge < -0.3 is 4.74 Å². The average Bonchev–Trinajstić information content (AvgIpc) is 2.25. The molecule has 0 radical (unpaired) electrons. The highest BCUT2D eigenvalue weighted by atomic mass is 79.9. The van der Waals surface area contributed by atoms with Gasteiger partial charge in [0.25, 0.3) is 0 Å². The molecule has 0 fully saturated rings. The number of ether oxygens (including phenoxy) is 1. The molecule has 0 amide bonds. The van der Waals surface area contributed by atoms with Gasteiger partial charge in [-0.25, -0.2) is 17.6 Å². The van der Waals surface area contributed by atoms with E-state index in [1.165, 1.54) is 0 Å². The van der Waals surface area contributed by atoms with Crippen LogP contribution >= 0.6 is 31.9 Å². The van der Waals surface area contributed by atoms with Crippen LogP contribution in [-0.4, -0.2) is 0 Å². The monoisotopic (exact) mass is 398 g/mol. The maximum Gasteiger partial charge on any atom is 0.199 e. The molecule has 0 bridgehead atoms. The topological polar surface area (TPSA) is 9.23 Å². The number of hydrogen-bond donors (Lipinski definition) is 0. The molecule has 0 saturated carbocycles. The number of hydrogen-bond acceptors (Lipinski definition) is 1. The van der Waals surface area contributed by atoms with Gasteiger partial charge in [0.15, 0.2) is 34.8 Å². The third kappa shape index (κ3) is 3.09. The summed E-state index contributed by atoms with van der Waals surface area (Å²) in [6.07, 6.45) is 0. The Labute approximate surface area is 122 Å². The zero-order valence-electron chi connectivity index (χ0n) is 8.99. The minimum Gasteiger partial charge on any atom is -0.445 e. The molecule has 0 aliphatic heterocycles. The SMILES string of the molecule is Fc1cc(Br)cc(F)c1Oc1c(F)cc(Br)cc1F. The minimum atomic E-state index is -1.08. The molecule has 0 saturated heterocycles. The summed E-state index contributed by atoms with van der Waals surface area (Å²) in [6, 6.07) is 3.69. The van der Waals surface area contributed by atoms with Gasteiger partial charge >= 0.3 is 0 Å². The van der Waals surface area contributed by atoms with Gasteiger partial charge in [-0.05, 0) is 24.3 Å². The molecule has 7 heteroatoms. The summed E-state index contributed by atoms with van der Waals surface area (Å²) in [5.74, 6) is -6.05. The second-order valence-electron chi connectivity index (χ2n) is 3.50. The second-order valence-corrected chi connectivity index (χ2v) is 5.33. The first kappa shape index (κ1) is 14.3. The van der Waals surface area contributed by atoms with Crippen molar-refractivity contribution in [1.29, 1.82) is 0 Å². The van der Waals surface area contributed by atoms with Crippen molar-refractivity contribution < 1.29 is 22.3 Å². The Bertz CT molecular complexity index is 544. The lowest BCUT2D eigenvalue weighted by molar-refractivity contribution is 0.365. The van der Waals surface area contributed by atoms with Crippen molar-refractivity contribution in [2.45, 2.75) is 0 Å².